The predicted molar refractivity (Wildman–Crippen MR) is 89.3 cm³/mol. The Morgan fingerprint density at radius 3 is 2.43 bits per heavy atom. The topological polar surface area (TPSA) is 41.1 Å². The third-order valence-corrected chi connectivity index (χ3v) is 3.49. The number of rotatable bonds is 2. The number of alkyl halides is 3. The molecule has 2 N–H and O–H groups in total. The Balaban J connectivity index is 2.10. The molecular formula is C15H10BrF3N2OS. The minimum absolute atomic E-state index is 0.216. The fourth-order valence-electron chi connectivity index (χ4n) is 1.80. The smallest absolute Gasteiger partial charge is 0.332 e. The molecule has 0 heterocycles. The Morgan fingerprint density at radius 1 is 1.09 bits per heavy atom. The number of carbonyl (C=O) groups excluding carboxylic acids is 1. The van der Waals surface area contributed by atoms with Gasteiger partial charge in [0, 0.05) is 10.0 Å². The fourth-order valence-corrected chi connectivity index (χ4v) is 2.40. The third kappa shape index (κ3) is 4.77. The summed E-state index contributed by atoms with van der Waals surface area (Å²) < 4.78 is 39.4. The van der Waals surface area contributed by atoms with Gasteiger partial charge < -0.3 is 5.32 Å². The van der Waals surface area contributed by atoms with Crippen LogP contribution in [0.4, 0.5) is 18.9 Å². The van der Waals surface area contributed by atoms with E-state index in [1.807, 2.05) is 0 Å². The number of thiocarbonyl (C=S) groups is 1. The highest BCUT2D eigenvalue weighted by molar-refractivity contribution is 9.10. The molecule has 120 valence electrons. The van der Waals surface area contributed by atoms with E-state index in [1.165, 1.54) is 18.2 Å². The van der Waals surface area contributed by atoms with E-state index in [2.05, 4.69) is 26.6 Å². The molecule has 0 aliphatic carbocycles. The zero-order chi connectivity index (χ0) is 17.0. The van der Waals surface area contributed by atoms with Crippen molar-refractivity contribution in [3.05, 3.63) is 64.1 Å². The highest BCUT2D eigenvalue weighted by atomic mass is 79.9. The first-order valence-electron chi connectivity index (χ1n) is 6.31. The van der Waals surface area contributed by atoms with Gasteiger partial charge in [-0.3, -0.25) is 10.1 Å². The summed E-state index contributed by atoms with van der Waals surface area (Å²) in [6.07, 6.45) is -4.52. The van der Waals surface area contributed by atoms with Gasteiger partial charge in [-0.1, -0.05) is 34.1 Å². The Morgan fingerprint density at radius 2 is 1.78 bits per heavy atom. The molecule has 0 radical (unpaired) electrons. The molecule has 0 aliphatic heterocycles. The molecule has 8 heteroatoms. The van der Waals surface area contributed by atoms with Crippen molar-refractivity contribution in [1.82, 2.24) is 5.32 Å². The molecule has 0 saturated heterocycles. The average molecular weight is 403 g/mol. The molecule has 0 saturated carbocycles. The van der Waals surface area contributed by atoms with E-state index in [9.17, 15) is 18.0 Å². The van der Waals surface area contributed by atoms with Crippen molar-refractivity contribution in [2.45, 2.75) is 6.18 Å². The summed E-state index contributed by atoms with van der Waals surface area (Å²) in [5.41, 5.74) is -0.758. The molecular weight excluding hydrogens is 393 g/mol. The first kappa shape index (κ1) is 17.4. The van der Waals surface area contributed by atoms with Gasteiger partial charge in [-0.25, -0.2) is 0 Å². The van der Waals surface area contributed by atoms with Gasteiger partial charge in [-0.05, 0) is 42.5 Å². The van der Waals surface area contributed by atoms with E-state index < -0.39 is 17.6 Å². The standard InChI is InChI=1S/C15H10BrF3N2OS/c16-10-5-3-4-9(8-10)13(22)21-14(23)20-12-7-2-1-6-11(12)15(17,18)19/h1-8H,(H2,20,21,22,23). The number of hydrogen-bond donors (Lipinski definition) is 2. The van der Waals surface area contributed by atoms with Crippen molar-refractivity contribution < 1.29 is 18.0 Å². The van der Waals surface area contributed by atoms with Gasteiger partial charge in [0.1, 0.15) is 0 Å². The van der Waals surface area contributed by atoms with Crippen LogP contribution >= 0.6 is 28.1 Å². The van der Waals surface area contributed by atoms with Crippen LogP contribution < -0.4 is 10.6 Å². The number of benzene rings is 2. The van der Waals surface area contributed by atoms with Crippen LogP contribution in [-0.4, -0.2) is 11.0 Å². The molecule has 0 aromatic heterocycles. The highest BCUT2D eigenvalue weighted by Crippen LogP contribution is 2.34. The first-order chi connectivity index (χ1) is 10.8. The summed E-state index contributed by atoms with van der Waals surface area (Å²) in [5, 5.41) is 4.53. The first-order valence-corrected chi connectivity index (χ1v) is 7.51. The van der Waals surface area contributed by atoms with E-state index >= 15 is 0 Å². The maximum atomic E-state index is 12.9. The molecule has 0 unspecified atom stereocenters. The van der Waals surface area contributed by atoms with E-state index in [1.54, 1.807) is 24.3 Å². The maximum Gasteiger partial charge on any atom is 0.418 e. The summed E-state index contributed by atoms with van der Waals surface area (Å²) >= 11 is 8.13. The van der Waals surface area contributed by atoms with Crippen LogP contribution in [0.15, 0.2) is 53.0 Å². The van der Waals surface area contributed by atoms with Gasteiger partial charge >= 0.3 is 6.18 Å². The lowest BCUT2D eigenvalue weighted by molar-refractivity contribution is -0.136. The minimum atomic E-state index is -4.52. The van der Waals surface area contributed by atoms with Crippen LogP contribution in [0.2, 0.25) is 0 Å². The van der Waals surface area contributed by atoms with Crippen LogP contribution in [-0.2, 0) is 6.18 Å². The number of halogens is 4. The van der Waals surface area contributed by atoms with Crippen LogP contribution in [0.25, 0.3) is 0 Å². The lowest BCUT2D eigenvalue weighted by Gasteiger charge is -2.15. The van der Waals surface area contributed by atoms with E-state index in [0.29, 0.717) is 10.0 Å². The predicted octanol–water partition coefficient (Wildman–Crippen LogP) is 4.59. The highest BCUT2D eigenvalue weighted by Gasteiger charge is 2.33. The van der Waals surface area contributed by atoms with Gasteiger partial charge in [0.05, 0.1) is 11.3 Å². The lowest BCUT2D eigenvalue weighted by atomic mass is 10.1. The summed E-state index contributed by atoms with van der Waals surface area (Å²) in [7, 11) is 0. The van der Waals surface area contributed by atoms with Gasteiger partial charge in [-0.15, -0.1) is 0 Å². The lowest BCUT2D eigenvalue weighted by Crippen LogP contribution is -2.34. The molecule has 0 spiro atoms. The van der Waals surface area contributed by atoms with Crippen molar-refractivity contribution in [3.63, 3.8) is 0 Å². The average Bonchev–Trinajstić information content (AvgIpc) is 2.46. The largest absolute Gasteiger partial charge is 0.418 e. The number of hydrogen-bond acceptors (Lipinski definition) is 2. The summed E-state index contributed by atoms with van der Waals surface area (Å²) in [6, 6.07) is 11.4. The summed E-state index contributed by atoms with van der Waals surface area (Å²) in [6.45, 7) is 0. The molecule has 3 nitrogen and oxygen atoms in total. The maximum absolute atomic E-state index is 12.9. The Kier molecular flexibility index (Phi) is 5.38. The van der Waals surface area contributed by atoms with E-state index in [-0.39, 0.29) is 10.8 Å². The Hall–Kier alpha value is -1.93. The molecule has 0 fully saturated rings. The third-order valence-electron chi connectivity index (χ3n) is 2.79. The molecule has 2 rings (SSSR count). The van der Waals surface area contributed by atoms with E-state index in [0.717, 1.165) is 6.07 Å². The van der Waals surface area contributed by atoms with E-state index in [4.69, 9.17) is 12.2 Å². The van der Waals surface area contributed by atoms with Gasteiger partial charge in [0.2, 0.25) is 0 Å². The summed E-state index contributed by atoms with van der Waals surface area (Å²) in [4.78, 5) is 12.0. The fraction of sp³-hybridized carbons (Fsp3) is 0.0667. The SMILES string of the molecule is O=C(NC(=S)Nc1ccccc1C(F)(F)F)c1cccc(Br)c1. The molecule has 0 bridgehead atoms. The second-order valence-electron chi connectivity index (χ2n) is 4.46. The molecule has 23 heavy (non-hydrogen) atoms. The number of amides is 1. The molecule has 0 aliphatic rings. The van der Waals surface area contributed by atoms with Gasteiger partial charge in [-0.2, -0.15) is 13.2 Å². The van der Waals surface area contributed by atoms with Crippen molar-refractivity contribution in [2.75, 3.05) is 5.32 Å². The zero-order valence-electron chi connectivity index (χ0n) is 11.4. The number of para-hydroxylation sites is 1. The molecule has 0 atom stereocenters. The van der Waals surface area contributed by atoms with Crippen LogP contribution in [0, 0.1) is 0 Å². The van der Waals surface area contributed by atoms with Gasteiger partial charge in [0.15, 0.2) is 5.11 Å². The molecule has 2 aromatic carbocycles. The number of carbonyl (C=O) groups is 1. The van der Waals surface area contributed by atoms with Crippen LogP contribution in [0.1, 0.15) is 15.9 Å². The number of anilines is 1. The Labute approximate surface area is 144 Å². The minimum Gasteiger partial charge on any atom is -0.332 e. The summed E-state index contributed by atoms with van der Waals surface area (Å²) in [5.74, 6) is -0.520. The Bertz CT molecular complexity index is 749. The zero-order valence-corrected chi connectivity index (χ0v) is 13.8. The molecule has 2 aromatic rings. The monoisotopic (exact) mass is 402 g/mol. The second kappa shape index (κ2) is 7.10. The van der Waals surface area contributed by atoms with Crippen molar-refractivity contribution in [1.29, 1.82) is 0 Å². The van der Waals surface area contributed by atoms with Crippen molar-refractivity contribution in [3.8, 4) is 0 Å². The number of nitrogens with one attached hydrogen (secondary N) is 2. The van der Waals surface area contributed by atoms with Crippen molar-refractivity contribution in [2.24, 2.45) is 0 Å². The normalized spacial score (nSPS) is 11.0. The van der Waals surface area contributed by atoms with Crippen LogP contribution in [0.3, 0.4) is 0 Å². The van der Waals surface area contributed by atoms with Crippen LogP contribution in [0.5, 0.6) is 0 Å². The van der Waals surface area contributed by atoms with Gasteiger partial charge in [0.25, 0.3) is 5.91 Å². The van der Waals surface area contributed by atoms with Crippen molar-refractivity contribution >= 4 is 44.9 Å². The quantitative estimate of drug-likeness (QED) is 0.721. The second-order valence-corrected chi connectivity index (χ2v) is 5.79. The molecule has 1 amide bonds.